The minimum atomic E-state index is -0.0806. The highest BCUT2D eigenvalue weighted by Crippen LogP contribution is 2.36. The van der Waals surface area contributed by atoms with Gasteiger partial charge in [0.05, 0.1) is 18.8 Å². The lowest BCUT2D eigenvalue weighted by Gasteiger charge is -2.23. The number of aromatic nitrogens is 1. The van der Waals surface area contributed by atoms with Crippen LogP contribution in [0.1, 0.15) is 18.5 Å². The first-order valence-electron chi connectivity index (χ1n) is 6.79. The molecular weight excluding hydrogens is 266 g/mol. The molecule has 0 spiro atoms. The molecule has 21 heavy (non-hydrogen) atoms. The zero-order valence-electron chi connectivity index (χ0n) is 12.8. The van der Waals surface area contributed by atoms with Crippen molar-refractivity contribution >= 4 is 11.4 Å². The van der Waals surface area contributed by atoms with Gasteiger partial charge < -0.3 is 20.1 Å². The fourth-order valence-corrected chi connectivity index (χ4v) is 2.24. The lowest BCUT2D eigenvalue weighted by atomic mass is 10.1. The van der Waals surface area contributed by atoms with E-state index in [-0.39, 0.29) is 11.8 Å². The van der Waals surface area contributed by atoms with Gasteiger partial charge in [-0.3, -0.25) is 0 Å². The summed E-state index contributed by atoms with van der Waals surface area (Å²) in [6, 6.07) is 9.12. The highest BCUT2D eigenvalue weighted by molar-refractivity contribution is 5.74. The van der Waals surface area contributed by atoms with E-state index in [4.69, 9.17) is 4.74 Å². The maximum absolute atomic E-state index is 9.97. The van der Waals surface area contributed by atoms with E-state index >= 15 is 0 Å². The van der Waals surface area contributed by atoms with Crippen molar-refractivity contribution in [1.29, 1.82) is 0 Å². The molecule has 0 radical (unpaired) electrons. The lowest BCUT2D eigenvalue weighted by Crippen LogP contribution is -2.15. The smallest absolute Gasteiger partial charge is 0.239 e. The van der Waals surface area contributed by atoms with E-state index in [1.807, 2.05) is 50.2 Å². The van der Waals surface area contributed by atoms with E-state index in [1.54, 1.807) is 19.4 Å². The number of pyridine rings is 1. The van der Waals surface area contributed by atoms with Crippen LogP contribution in [-0.2, 0) is 0 Å². The fraction of sp³-hybridized carbons (Fsp3) is 0.312. The van der Waals surface area contributed by atoms with Crippen LogP contribution < -0.4 is 15.0 Å². The third-order valence-electron chi connectivity index (χ3n) is 3.33. The molecule has 1 aromatic heterocycles. The summed E-state index contributed by atoms with van der Waals surface area (Å²) in [5.41, 5.74) is 2.61. The molecule has 1 heterocycles. The van der Waals surface area contributed by atoms with Crippen molar-refractivity contribution in [3.8, 4) is 11.6 Å². The van der Waals surface area contributed by atoms with Gasteiger partial charge in [0.25, 0.3) is 0 Å². The Morgan fingerprint density at radius 1 is 1.24 bits per heavy atom. The number of ether oxygens (including phenoxy) is 1. The number of anilines is 2. The number of hydrogen-bond donors (Lipinski definition) is 2. The summed E-state index contributed by atoms with van der Waals surface area (Å²) in [5, 5.41) is 13.3. The van der Waals surface area contributed by atoms with Crippen LogP contribution in [0, 0.1) is 0 Å². The van der Waals surface area contributed by atoms with Crippen LogP contribution in [0.2, 0.25) is 0 Å². The fourth-order valence-electron chi connectivity index (χ4n) is 2.24. The minimum absolute atomic E-state index is 0.0806. The van der Waals surface area contributed by atoms with E-state index < -0.39 is 0 Å². The summed E-state index contributed by atoms with van der Waals surface area (Å²) in [7, 11) is 5.52. The van der Waals surface area contributed by atoms with Crippen molar-refractivity contribution in [3.05, 3.63) is 42.1 Å². The monoisotopic (exact) mass is 287 g/mol. The van der Waals surface area contributed by atoms with E-state index in [1.165, 1.54) is 0 Å². The molecule has 0 saturated heterocycles. The first kappa shape index (κ1) is 15.0. The second-order valence-corrected chi connectivity index (χ2v) is 5.03. The van der Waals surface area contributed by atoms with Crippen molar-refractivity contribution in [1.82, 2.24) is 4.98 Å². The average molecular weight is 287 g/mol. The molecule has 2 N–H and O–H groups in total. The third kappa shape index (κ3) is 3.18. The average Bonchev–Trinajstić information content (AvgIpc) is 2.47. The number of phenolic OH excluding ortho intramolecular Hbond substituents is 1. The molecule has 5 heteroatoms. The topological polar surface area (TPSA) is 57.6 Å². The van der Waals surface area contributed by atoms with Gasteiger partial charge in [-0.15, -0.1) is 0 Å². The van der Waals surface area contributed by atoms with Gasteiger partial charge in [-0.25, -0.2) is 4.98 Å². The molecule has 1 aromatic carbocycles. The van der Waals surface area contributed by atoms with Crippen LogP contribution in [0.25, 0.3) is 0 Å². The Balaban J connectivity index is 2.37. The standard InChI is InChI=1S/C16H21N3O2/c1-11(12-7-5-6-8-14(12)20)18-15-13(19(2)3)9-10-17-16(15)21-4/h5-11,18,20H,1-4H3. The van der Waals surface area contributed by atoms with Gasteiger partial charge in [-0.05, 0) is 19.1 Å². The highest BCUT2D eigenvalue weighted by atomic mass is 16.5. The predicted octanol–water partition coefficient (Wildman–Crippen LogP) is 3.03. The second-order valence-electron chi connectivity index (χ2n) is 5.03. The molecule has 0 saturated carbocycles. The quantitative estimate of drug-likeness (QED) is 0.885. The molecular formula is C16H21N3O2. The molecule has 0 aliphatic heterocycles. The Hall–Kier alpha value is -2.43. The maximum atomic E-state index is 9.97. The van der Waals surface area contributed by atoms with Gasteiger partial charge >= 0.3 is 0 Å². The third-order valence-corrected chi connectivity index (χ3v) is 3.33. The van der Waals surface area contributed by atoms with Gasteiger partial charge in [0.2, 0.25) is 5.88 Å². The van der Waals surface area contributed by atoms with Gasteiger partial charge in [-0.1, -0.05) is 18.2 Å². The van der Waals surface area contributed by atoms with Crippen molar-refractivity contribution in [2.45, 2.75) is 13.0 Å². The number of benzene rings is 1. The zero-order valence-corrected chi connectivity index (χ0v) is 12.8. The van der Waals surface area contributed by atoms with Crippen molar-refractivity contribution < 1.29 is 9.84 Å². The highest BCUT2D eigenvalue weighted by Gasteiger charge is 2.17. The summed E-state index contributed by atoms with van der Waals surface area (Å²) >= 11 is 0. The first-order valence-corrected chi connectivity index (χ1v) is 6.79. The van der Waals surface area contributed by atoms with Crippen molar-refractivity contribution in [2.24, 2.45) is 0 Å². The molecule has 1 atom stereocenters. The second kappa shape index (κ2) is 6.35. The van der Waals surface area contributed by atoms with Crippen LogP contribution >= 0.6 is 0 Å². The number of phenols is 1. The Labute approximate surface area is 125 Å². The van der Waals surface area contributed by atoms with Gasteiger partial charge in [0.15, 0.2) is 0 Å². The van der Waals surface area contributed by atoms with E-state index in [0.29, 0.717) is 5.88 Å². The summed E-state index contributed by atoms with van der Waals surface area (Å²) in [6.45, 7) is 1.99. The largest absolute Gasteiger partial charge is 0.508 e. The number of para-hydroxylation sites is 1. The Bertz CT molecular complexity index is 614. The number of aromatic hydroxyl groups is 1. The molecule has 0 fully saturated rings. The number of nitrogens with one attached hydrogen (secondary N) is 1. The van der Waals surface area contributed by atoms with Crippen LogP contribution in [0.15, 0.2) is 36.5 Å². The SMILES string of the molecule is COc1nccc(N(C)C)c1NC(C)c1ccccc1O. The Morgan fingerprint density at radius 3 is 2.57 bits per heavy atom. The molecule has 5 nitrogen and oxygen atoms in total. The minimum Gasteiger partial charge on any atom is -0.508 e. The maximum Gasteiger partial charge on any atom is 0.239 e. The van der Waals surface area contributed by atoms with Crippen molar-refractivity contribution in [2.75, 3.05) is 31.4 Å². The van der Waals surface area contributed by atoms with E-state index in [2.05, 4.69) is 10.3 Å². The number of rotatable bonds is 5. The van der Waals surface area contributed by atoms with E-state index in [9.17, 15) is 5.11 Å². The summed E-state index contributed by atoms with van der Waals surface area (Å²) in [4.78, 5) is 6.23. The normalized spacial score (nSPS) is 11.8. The van der Waals surface area contributed by atoms with Gasteiger partial charge in [0.1, 0.15) is 11.4 Å². The van der Waals surface area contributed by atoms with Crippen LogP contribution in [0.4, 0.5) is 11.4 Å². The Kier molecular flexibility index (Phi) is 4.52. The van der Waals surface area contributed by atoms with E-state index in [0.717, 1.165) is 16.9 Å². The molecule has 2 aromatic rings. The van der Waals surface area contributed by atoms with Crippen molar-refractivity contribution in [3.63, 3.8) is 0 Å². The number of nitrogens with zero attached hydrogens (tertiary/aromatic N) is 2. The molecule has 0 aliphatic carbocycles. The summed E-state index contributed by atoms with van der Waals surface area (Å²) < 4.78 is 5.34. The van der Waals surface area contributed by atoms with Crippen LogP contribution in [0.3, 0.4) is 0 Å². The molecule has 0 amide bonds. The molecule has 1 unspecified atom stereocenters. The van der Waals surface area contributed by atoms with Gasteiger partial charge in [-0.2, -0.15) is 0 Å². The molecule has 0 aliphatic rings. The molecule has 2 rings (SSSR count). The number of methoxy groups -OCH3 is 1. The predicted molar refractivity (Wildman–Crippen MR) is 85.3 cm³/mol. The Morgan fingerprint density at radius 2 is 1.95 bits per heavy atom. The van der Waals surface area contributed by atoms with Crippen LogP contribution in [0.5, 0.6) is 11.6 Å². The van der Waals surface area contributed by atoms with Crippen LogP contribution in [-0.4, -0.2) is 31.3 Å². The summed E-state index contributed by atoms with van der Waals surface area (Å²) in [5.74, 6) is 0.801. The molecule has 0 bridgehead atoms. The molecule has 112 valence electrons. The summed E-state index contributed by atoms with van der Waals surface area (Å²) in [6.07, 6.45) is 1.71. The number of hydrogen-bond acceptors (Lipinski definition) is 5. The zero-order chi connectivity index (χ0) is 15.4. The first-order chi connectivity index (χ1) is 10.0. The lowest BCUT2D eigenvalue weighted by molar-refractivity contribution is 0.399. The van der Waals surface area contributed by atoms with Gasteiger partial charge in [0, 0.05) is 25.9 Å².